The summed E-state index contributed by atoms with van der Waals surface area (Å²) < 4.78 is 16.6. The zero-order valence-electron chi connectivity index (χ0n) is 18.7. The van der Waals surface area contributed by atoms with E-state index < -0.39 is 5.60 Å². The van der Waals surface area contributed by atoms with E-state index in [1.54, 1.807) is 7.05 Å². The van der Waals surface area contributed by atoms with Crippen molar-refractivity contribution in [3.8, 4) is 0 Å². The molecule has 2 aliphatic rings. The lowest BCUT2D eigenvalue weighted by Gasteiger charge is -2.34. The Balaban J connectivity index is 1.57. The molecule has 168 valence electrons. The molecule has 0 saturated carbocycles. The number of amides is 1. The normalized spacial score (nSPS) is 23.2. The van der Waals surface area contributed by atoms with Crippen molar-refractivity contribution in [1.82, 2.24) is 15.5 Å². The molecule has 0 aromatic carbocycles. The number of piperidine rings is 1. The van der Waals surface area contributed by atoms with Gasteiger partial charge in [0.05, 0.1) is 12.7 Å². The van der Waals surface area contributed by atoms with Crippen LogP contribution in [0.5, 0.6) is 0 Å². The van der Waals surface area contributed by atoms with E-state index in [9.17, 15) is 4.79 Å². The topological polar surface area (TPSA) is 84.4 Å². The van der Waals surface area contributed by atoms with Gasteiger partial charge in [0.25, 0.3) is 0 Å². The van der Waals surface area contributed by atoms with Gasteiger partial charge in [-0.05, 0) is 58.8 Å². The smallest absolute Gasteiger partial charge is 0.410 e. The molecule has 2 atom stereocenters. The summed E-state index contributed by atoms with van der Waals surface area (Å²) in [6.45, 7) is 11.2. The van der Waals surface area contributed by atoms with Crippen molar-refractivity contribution in [3.05, 3.63) is 0 Å². The zero-order valence-corrected chi connectivity index (χ0v) is 18.7. The highest BCUT2D eigenvalue weighted by atomic mass is 16.6. The molecule has 29 heavy (non-hydrogen) atoms. The summed E-state index contributed by atoms with van der Waals surface area (Å²) >= 11 is 0. The first-order valence-electron chi connectivity index (χ1n) is 11.0. The Morgan fingerprint density at radius 1 is 1.24 bits per heavy atom. The van der Waals surface area contributed by atoms with Crippen molar-refractivity contribution >= 4 is 12.1 Å². The minimum atomic E-state index is -0.445. The fourth-order valence-electron chi connectivity index (χ4n) is 3.58. The van der Waals surface area contributed by atoms with Crippen molar-refractivity contribution in [2.24, 2.45) is 10.9 Å². The van der Waals surface area contributed by atoms with E-state index in [4.69, 9.17) is 14.2 Å². The van der Waals surface area contributed by atoms with Crippen LogP contribution in [0.25, 0.3) is 0 Å². The van der Waals surface area contributed by atoms with Crippen LogP contribution in [0.2, 0.25) is 0 Å². The lowest BCUT2D eigenvalue weighted by Crippen LogP contribution is -2.44. The fourth-order valence-corrected chi connectivity index (χ4v) is 3.58. The maximum absolute atomic E-state index is 12.3. The van der Waals surface area contributed by atoms with Crippen molar-refractivity contribution in [2.45, 2.75) is 64.6 Å². The summed E-state index contributed by atoms with van der Waals surface area (Å²) in [5.41, 5.74) is -0.445. The molecule has 0 aromatic rings. The monoisotopic (exact) mass is 412 g/mol. The maximum atomic E-state index is 12.3. The van der Waals surface area contributed by atoms with Gasteiger partial charge in [0.2, 0.25) is 0 Å². The average molecular weight is 413 g/mol. The molecular weight excluding hydrogens is 372 g/mol. The van der Waals surface area contributed by atoms with Crippen LogP contribution in [-0.4, -0.2) is 81.7 Å². The largest absolute Gasteiger partial charge is 0.444 e. The molecule has 1 amide bonds. The number of nitrogens with one attached hydrogen (secondary N) is 2. The second-order valence-electron chi connectivity index (χ2n) is 8.86. The Bertz CT molecular complexity index is 515. The second-order valence-corrected chi connectivity index (χ2v) is 8.86. The molecule has 2 aliphatic heterocycles. The molecule has 2 N–H and O–H groups in total. The fraction of sp³-hybridized carbons (Fsp3) is 0.905. The van der Waals surface area contributed by atoms with E-state index in [-0.39, 0.29) is 12.2 Å². The minimum Gasteiger partial charge on any atom is -0.444 e. The van der Waals surface area contributed by atoms with E-state index in [0.29, 0.717) is 5.92 Å². The molecular formula is C21H40N4O4. The number of carbonyl (C=O) groups excluding carboxylic acids is 1. The third-order valence-corrected chi connectivity index (χ3v) is 5.09. The lowest BCUT2D eigenvalue weighted by atomic mass is 9.95. The summed E-state index contributed by atoms with van der Waals surface area (Å²) in [5, 5.41) is 6.70. The predicted molar refractivity (Wildman–Crippen MR) is 114 cm³/mol. The highest BCUT2D eigenvalue weighted by Gasteiger charge is 2.27. The summed E-state index contributed by atoms with van der Waals surface area (Å²) in [7, 11) is 1.78. The number of guanidine groups is 1. The number of nitrogens with zero attached hydrogens (tertiary/aromatic N) is 2. The number of aliphatic imine (C=N–C) groups is 1. The van der Waals surface area contributed by atoms with Crippen LogP contribution in [0, 0.1) is 5.92 Å². The number of rotatable bonds is 8. The van der Waals surface area contributed by atoms with Crippen LogP contribution in [0.15, 0.2) is 4.99 Å². The molecule has 2 saturated heterocycles. The molecule has 2 fully saturated rings. The molecule has 8 heteroatoms. The molecule has 2 heterocycles. The van der Waals surface area contributed by atoms with Gasteiger partial charge in [-0.3, -0.25) is 4.99 Å². The Morgan fingerprint density at radius 2 is 2.03 bits per heavy atom. The Kier molecular flexibility index (Phi) is 10.0. The van der Waals surface area contributed by atoms with E-state index in [2.05, 4.69) is 15.6 Å². The number of hydrogen-bond acceptors (Lipinski definition) is 5. The van der Waals surface area contributed by atoms with Gasteiger partial charge in [-0.15, -0.1) is 0 Å². The predicted octanol–water partition coefficient (Wildman–Crippen LogP) is 2.38. The standard InChI is InChI=1S/C21H40N4O4/c1-21(2,3)29-20(26)25-12-5-7-17(15-25)8-11-24-19(22-4)23-10-6-13-28-18-9-14-27-16-18/h17-18H,5-16H2,1-4H3,(H2,22,23,24). The van der Waals surface area contributed by atoms with Gasteiger partial charge < -0.3 is 29.7 Å². The van der Waals surface area contributed by atoms with Crippen LogP contribution >= 0.6 is 0 Å². The van der Waals surface area contributed by atoms with Gasteiger partial charge in [-0.25, -0.2) is 4.79 Å². The van der Waals surface area contributed by atoms with Gasteiger partial charge in [0.15, 0.2) is 5.96 Å². The van der Waals surface area contributed by atoms with Gasteiger partial charge in [-0.2, -0.15) is 0 Å². The number of hydrogen-bond donors (Lipinski definition) is 2. The second kappa shape index (κ2) is 12.2. The lowest BCUT2D eigenvalue weighted by molar-refractivity contribution is 0.0162. The van der Waals surface area contributed by atoms with Crippen LogP contribution in [0.4, 0.5) is 4.79 Å². The molecule has 0 bridgehead atoms. The summed E-state index contributed by atoms with van der Waals surface area (Å²) in [5.74, 6) is 1.30. The van der Waals surface area contributed by atoms with Gasteiger partial charge >= 0.3 is 6.09 Å². The van der Waals surface area contributed by atoms with E-state index >= 15 is 0 Å². The SMILES string of the molecule is CN=C(NCCCOC1CCOC1)NCCC1CCCN(C(=O)OC(C)(C)C)C1. The number of carbonyl (C=O) groups is 1. The Morgan fingerprint density at radius 3 is 2.72 bits per heavy atom. The minimum absolute atomic E-state index is 0.195. The molecule has 2 rings (SSSR count). The van der Waals surface area contributed by atoms with Crippen molar-refractivity contribution in [1.29, 1.82) is 0 Å². The Labute approximate surface area is 175 Å². The highest BCUT2D eigenvalue weighted by Crippen LogP contribution is 2.21. The molecule has 8 nitrogen and oxygen atoms in total. The molecule has 0 aromatic heterocycles. The van der Waals surface area contributed by atoms with Crippen molar-refractivity contribution in [3.63, 3.8) is 0 Å². The molecule has 0 aliphatic carbocycles. The van der Waals surface area contributed by atoms with Gasteiger partial charge in [-0.1, -0.05) is 0 Å². The van der Waals surface area contributed by atoms with Gasteiger partial charge in [0, 0.05) is 46.4 Å². The van der Waals surface area contributed by atoms with Crippen LogP contribution in [0.1, 0.15) is 52.9 Å². The first kappa shape index (κ1) is 23.7. The van der Waals surface area contributed by atoms with Crippen LogP contribution < -0.4 is 10.6 Å². The quantitative estimate of drug-likeness (QED) is 0.362. The van der Waals surface area contributed by atoms with Gasteiger partial charge in [0.1, 0.15) is 5.60 Å². The molecule has 0 radical (unpaired) electrons. The molecule has 0 spiro atoms. The molecule has 2 unspecified atom stereocenters. The average Bonchev–Trinajstić information content (AvgIpc) is 3.18. The van der Waals surface area contributed by atoms with E-state index in [1.807, 2.05) is 25.7 Å². The summed E-state index contributed by atoms with van der Waals surface area (Å²) in [4.78, 5) is 18.4. The van der Waals surface area contributed by atoms with Crippen LogP contribution in [-0.2, 0) is 14.2 Å². The summed E-state index contributed by atoms with van der Waals surface area (Å²) in [6.07, 6.45) is 5.19. The van der Waals surface area contributed by atoms with E-state index in [1.165, 1.54) is 0 Å². The number of ether oxygens (including phenoxy) is 3. The number of likely N-dealkylation sites (tertiary alicyclic amines) is 1. The Hall–Kier alpha value is -1.54. The highest BCUT2D eigenvalue weighted by molar-refractivity contribution is 5.79. The summed E-state index contributed by atoms with van der Waals surface area (Å²) in [6, 6.07) is 0. The first-order valence-corrected chi connectivity index (χ1v) is 11.0. The van der Waals surface area contributed by atoms with Crippen LogP contribution in [0.3, 0.4) is 0 Å². The third kappa shape index (κ3) is 9.67. The third-order valence-electron chi connectivity index (χ3n) is 5.09. The van der Waals surface area contributed by atoms with E-state index in [0.717, 1.165) is 84.1 Å². The maximum Gasteiger partial charge on any atom is 0.410 e. The first-order chi connectivity index (χ1) is 13.9. The van der Waals surface area contributed by atoms with Crippen molar-refractivity contribution in [2.75, 3.05) is 53.0 Å². The zero-order chi connectivity index (χ0) is 21.1. The van der Waals surface area contributed by atoms with Crippen molar-refractivity contribution < 1.29 is 19.0 Å².